The molecule has 9 heteroatoms. The van der Waals surface area contributed by atoms with Crippen LogP contribution in [0, 0.1) is 0 Å². The average Bonchev–Trinajstić information content (AvgIpc) is 2.88. The zero-order valence-corrected chi connectivity index (χ0v) is 11.8. The lowest BCUT2D eigenvalue weighted by Crippen LogP contribution is -2.54. The summed E-state index contributed by atoms with van der Waals surface area (Å²) in [6.45, 7) is -0.116. The quantitative estimate of drug-likeness (QED) is 0.886. The van der Waals surface area contributed by atoms with Crippen LogP contribution in [0.1, 0.15) is 10.4 Å². The largest absolute Gasteiger partial charge is 0.326 e. The molecule has 0 aromatic heterocycles. The second kappa shape index (κ2) is 5.66. The number of sulfone groups is 1. The van der Waals surface area contributed by atoms with Crippen molar-refractivity contribution >= 4 is 15.7 Å². The molecule has 1 aromatic rings. The molecule has 1 N–H and O–H groups in total. The predicted octanol–water partition coefficient (Wildman–Crippen LogP) is 0.786. The normalized spacial score (nSPS) is 17.9. The summed E-state index contributed by atoms with van der Waals surface area (Å²) in [4.78, 5) is 11.9. The summed E-state index contributed by atoms with van der Waals surface area (Å²) < 4.78 is 58.0. The summed E-state index contributed by atoms with van der Waals surface area (Å²) in [5.74, 6) is -3.30. The molecule has 0 atom stereocenters. The van der Waals surface area contributed by atoms with Gasteiger partial charge >= 0.3 is 12.3 Å². The molecule has 0 bridgehead atoms. The standard InChI is InChI=1S/C12H13F2NO5S/c1-21(17,18)9-4-2-8(3-5-9)10(16)15-12(11(13)14)19-6-7-20-12/h2-5,11H,6-7H2,1H3,(H,15,16). The first-order chi connectivity index (χ1) is 9.74. The van der Waals surface area contributed by atoms with Crippen LogP contribution in [0.5, 0.6) is 0 Å². The van der Waals surface area contributed by atoms with Crippen molar-refractivity contribution in [1.29, 1.82) is 0 Å². The van der Waals surface area contributed by atoms with Gasteiger partial charge in [0.15, 0.2) is 9.84 Å². The van der Waals surface area contributed by atoms with Crippen LogP contribution in [-0.2, 0) is 19.3 Å². The Morgan fingerprint density at radius 3 is 2.19 bits per heavy atom. The van der Waals surface area contributed by atoms with E-state index in [0.717, 1.165) is 6.26 Å². The fraction of sp³-hybridized carbons (Fsp3) is 0.417. The summed E-state index contributed by atoms with van der Waals surface area (Å²) in [5, 5.41) is 1.98. The third kappa shape index (κ3) is 3.36. The van der Waals surface area contributed by atoms with Gasteiger partial charge in [-0.3, -0.25) is 10.1 Å². The first-order valence-corrected chi connectivity index (χ1v) is 7.82. The van der Waals surface area contributed by atoms with Crippen molar-refractivity contribution in [2.24, 2.45) is 0 Å². The molecule has 0 radical (unpaired) electrons. The number of hydrogen-bond donors (Lipinski definition) is 1. The van der Waals surface area contributed by atoms with E-state index < -0.39 is 28.1 Å². The van der Waals surface area contributed by atoms with E-state index in [0.29, 0.717) is 0 Å². The molecule has 6 nitrogen and oxygen atoms in total. The molecular weight excluding hydrogens is 308 g/mol. The minimum absolute atomic E-state index is 0.0153. The van der Waals surface area contributed by atoms with E-state index in [1.165, 1.54) is 24.3 Å². The van der Waals surface area contributed by atoms with Crippen molar-refractivity contribution in [1.82, 2.24) is 5.32 Å². The lowest BCUT2D eigenvalue weighted by atomic mass is 10.2. The molecule has 0 aliphatic carbocycles. The first-order valence-electron chi connectivity index (χ1n) is 5.93. The van der Waals surface area contributed by atoms with Gasteiger partial charge in [0, 0.05) is 11.8 Å². The molecule has 0 spiro atoms. The number of hydrogen-bond acceptors (Lipinski definition) is 5. The first kappa shape index (κ1) is 15.8. The van der Waals surface area contributed by atoms with Crippen molar-refractivity contribution in [2.45, 2.75) is 17.2 Å². The summed E-state index contributed by atoms with van der Waals surface area (Å²) in [5.41, 5.74) is 0.0153. The van der Waals surface area contributed by atoms with Crippen molar-refractivity contribution in [2.75, 3.05) is 19.5 Å². The molecule has 1 saturated heterocycles. The predicted molar refractivity (Wildman–Crippen MR) is 67.7 cm³/mol. The second-order valence-electron chi connectivity index (χ2n) is 4.42. The van der Waals surface area contributed by atoms with Crippen LogP contribution in [0.15, 0.2) is 29.2 Å². The van der Waals surface area contributed by atoms with Gasteiger partial charge in [0.2, 0.25) is 0 Å². The Hall–Kier alpha value is -1.58. The summed E-state index contributed by atoms with van der Waals surface area (Å²) in [7, 11) is -3.39. The van der Waals surface area contributed by atoms with E-state index in [-0.39, 0.29) is 23.7 Å². The van der Waals surface area contributed by atoms with Crippen molar-refractivity contribution in [3.8, 4) is 0 Å². The number of halogens is 2. The molecule has 0 unspecified atom stereocenters. The molecule has 2 rings (SSSR count). The van der Waals surface area contributed by atoms with Gasteiger partial charge in [-0.25, -0.2) is 17.2 Å². The van der Waals surface area contributed by atoms with Crippen molar-refractivity contribution in [3.63, 3.8) is 0 Å². The Kier molecular flexibility index (Phi) is 4.26. The van der Waals surface area contributed by atoms with Gasteiger partial charge in [0.05, 0.1) is 18.1 Å². The molecule has 1 amide bonds. The topological polar surface area (TPSA) is 81.7 Å². The Bertz CT molecular complexity index is 624. The number of alkyl halides is 2. The van der Waals surface area contributed by atoms with Gasteiger partial charge in [-0.05, 0) is 24.3 Å². The molecule has 1 heterocycles. The molecule has 1 aliphatic heterocycles. The highest BCUT2D eigenvalue weighted by molar-refractivity contribution is 7.90. The zero-order valence-electron chi connectivity index (χ0n) is 11.0. The number of amides is 1. The third-order valence-electron chi connectivity index (χ3n) is 2.84. The molecular formula is C12H13F2NO5S. The van der Waals surface area contributed by atoms with Crippen LogP contribution in [0.25, 0.3) is 0 Å². The number of carbonyl (C=O) groups is 1. The van der Waals surface area contributed by atoms with Gasteiger partial charge < -0.3 is 9.47 Å². The summed E-state index contributed by atoms with van der Waals surface area (Å²) >= 11 is 0. The Morgan fingerprint density at radius 2 is 1.76 bits per heavy atom. The van der Waals surface area contributed by atoms with Gasteiger partial charge in [-0.2, -0.15) is 0 Å². The number of carbonyl (C=O) groups excluding carboxylic acids is 1. The fourth-order valence-electron chi connectivity index (χ4n) is 1.76. The third-order valence-corrected chi connectivity index (χ3v) is 3.96. The highest BCUT2D eigenvalue weighted by Gasteiger charge is 2.48. The van der Waals surface area contributed by atoms with Crippen LogP contribution in [0.2, 0.25) is 0 Å². The Balaban J connectivity index is 2.17. The maximum absolute atomic E-state index is 12.9. The van der Waals surface area contributed by atoms with Gasteiger partial charge in [-0.15, -0.1) is 0 Å². The van der Waals surface area contributed by atoms with Crippen LogP contribution in [-0.4, -0.2) is 46.1 Å². The van der Waals surface area contributed by atoms with Gasteiger partial charge in [0.1, 0.15) is 0 Å². The van der Waals surface area contributed by atoms with E-state index in [4.69, 9.17) is 9.47 Å². The van der Waals surface area contributed by atoms with Crippen LogP contribution >= 0.6 is 0 Å². The average molecular weight is 321 g/mol. The number of nitrogens with one attached hydrogen (secondary N) is 1. The van der Waals surface area contributed by atoms with Crippen molar-refractivity contribution < 1.29 is 31.5 Å². The highest BCUT2D eigenvalue weighted by atomic mass is 32.2. The van der Waals surface area contributed by atoms with E-state index >= 15 is 0 Å². The number of ether oxygens (including phenoxy) is 2. The highest BCUT2D eigenvalue weighted by Crippen LogP contribution is 2.24. The lowest BCUT2D eigenvalue weighted by molar-refractivity contribution is -0.246. The Labute approximate surface area is 120 Å². The Morgan fingerprint density at radius 1 is 1.24 bits per heavy atom. The van der Waals surface area contributed by atoms with Crippen LogP contribution in [0.4, 0.5) is 8.78 Å². The second-order valence-corrected chi connectivity index (χ2v) is 6.43. The number of rotatable bonds is 4. The van der Waals surface area contributed by atoms with Gasteiger partial charge in [0.25, 0.3) is 5.91 Å². The van der Waals surface area contributed by atoms with Crippen LogP contribution < -0.4 is 5.32 Å². The number of benzene rings is 1. The smallest absolute Gasteiger partial charge is 0.316 e. The minimum atomic E-state index is -3.39. The molecule has 21 heavy (non-hydrogen) atoms. The monoisotopic (exact) mass is 321 g/mol. The summed E-state index contributed by atoms with van der Waals surface area (Å²) in [6, 6.07) is 4.88. The summed E-state index contributed by atoms with van der Waals surface area (Å²) in [6.07, 6.45) is -2.03. The van der Waals surface area contributed by atoms with Crippen LogP contribution in [0.3, 0.4) is 0 Å². The molecule has 1 aliphatic rings. The van der Waals surface area contributed by atoms with E-state index in [1.807, 2.05) is 5.32 Å². The molecule has 0 saturated carbocycles. The zero-order chi connectivity index (χ0) is 15.7. The van der Waals surface area contributed by atoms with E-state index in [9.17, 15) is 22.0 Å². The van der Waals surface area contributed by atoms with Crippen molar-refractivity contribution in [3.05, 3.63) is 29.8 Å². The molecule has 116 valence electrons. The SMILES string of the molecule is CS(=O)(=O)c1ccc(C(=O)NC2(C(F)F)OCCO2)cc1. The molecule has 1 aromatic carbocycles. The lowest BCUT2D eigenvalue weighted by Gasteiger charge is -2.26. The van der Waals surface area contributed by atoms with E-state index in [2.05, 4.69) is 0 Å². The fourth-order valence-corrected chi connectivity index (χ4v) is 2.40. The van der Waals surface area contributed by atoms with Gasteiger partial charge in [-0.1, -0.05) is 0 Å². The van der Waals surface area contributed by atoms with E-state index in [1.54, 1.807) is 0 Å². The molecule has 1 fully saturated rings. The maximum atomic E-state index is 12.9. The minimum Gasteiger partial charge on any atom is -0.326 e. The maximum Gasteiger partial charge on any atom is 0.316 e.